The van der Waals surface area contributed by atoms with Crippen LogP contribution in [-0.2, 0) is 4.74 Å². The van der Waals surface area contributed by atoms with Gasteiger partial charge < -0.3 is 15.0 Å². The average molecular weight is 344 g/mol. The smallest absolute Gasteiger partial charge is 0.410 e. The van der Waals surface area contributed by atoms with E-state index in [1.54, 1.807) is 0 Å². The van der Waals surface area contributed by atoms with E-state index in [0.29, 0.717) is 0 Å². The molecule has 2 aliphatic heterocycles. The summed E-state index contributed by atoms with van der Waals surface area (Å²) >= 11 is 2.07. The van der Waals surface area contributed by atoms with Gasteiger partial charge in [0.2, 0.25) is 0 Å². The van der Waals surface area contributed by atoms with Gasteiger partial charge >= 0.3 is 6.09 Å². The number of ether oxygens (including phenoxy) is 1. The molecule has 2 saturated heterocycles. The lowest BCUT2D eigenvalue weighted by Crippen LogP contribution is -2.50. The molecule has 1 amide bonds. The monoisotopic (exact) mass is 343 g/mol. The van der Waals surface area contributed by atoms with Gasteiger partial charge in [0.25, 0.3) is 0 Å². The SMILES string of the molecule is CC(C)(C)OC(=O)N1CCN(CCCNC2CCCSC2)CC1. The fourth-order valence-electron chi connectivity index (χ4n) is 2.99. The summed E-state index contributed by atoms with van der Waals surface area (Å²) in [5, 5.41) is 3.68. The van der Waals surface area contributed by atoms with Crippen molar-refractivity contribution in [2.75, 3.05) is 50.8 Å². The molecule has 2 heterocycles. The fraction of sp³-hybridized carbons (Fsp3) is 0.941. The van der Waals surface area contributed by atoms with Crippen molar-refractivity contribution in [2.24, 2.45) is 0 Å². The van der Waals surface area contributed by atoms with Crippen molar-refractivity contribution < 1.29 is 9.53 Å². The van der Waals surface area contributed by atoms with E-state index < -0.39 is 5.60 Å². The van der Waals surface area contributed by atoms with E-state index in [0.717, 1.165) is 45.3 Å². The van der Waals surface area contributed by atoms with Crippen molar-refractivity contribution in [3.8, 4) is 0 Å². The molecule has 0 aromatic heterocycles. The van der Waals surface area contributed by atoms with Crippen molar-refractivity contribution in [3.05, 3.63) is 0 Å². The lowest BCUT2D eigenvalue weighted by Gasteiger charge is -2.35. The molecule has 2 fully saturated rings. The third kappa shape index (κ3) is 7.31. The van der Waals surface area contributed by atoms with E-state index in [1.165, 1.54) is 30.8 Å². The number of hydrogen-bond acceptors (Lipinski definition) is 5. The van der Waals surface area contributed by atoms with Crippen LogP contribution in [-0.4, -0.2) is 78.3 Å². The third-order valence-electron chi connectivity index (χ3n) is 4.27. The highest BCUT2D eigenvalue weighted by atomic mass is 32.2. The van der Waals surface area contributed by atoms with Crippen molar-refractivity contribution in [2.45, 2.75) is 51.7 Å². The van der Waals surface area contributed by atoms with Gasteiger partial charge in [-0.25, -0.2) is 4.79 Å². The topological polar surface area (TPSA) is 44.8 Å². The maximum Gasteiger partial charge on any atom is 0.410 e. The largest absolute Gasteiger partial charge is 0.444 e. The highest BCUT2D eigenvalue weighted by Gasteiger charge is 2.25. The van der Waals surface area contributed by atoms with Gasteiger partial charge in [0.15, 0.2) is 0 Å². The Morgan fingerprint density at radius 2 is 2.00 bits per heavy atom. The zero-order chi connectivity index (χ0) is 16.7. The lowest BCUT2D eigenvalue weighted by molar-refractivity contribution is 0.0144. The first kappa shape index (κ1) is 18.9. The average Bonchev–Trinajstić information content (AvgIpc) is 2.51. The second kappa shape index (κ2) is 9.14. The second-order valence-corrected chi connectivity index (χ2v) is 8.68. The van der Waals surface area contributed by atoms with Gasteiger partial charge in [-0.3, -0.25) is 4.90 Å². The normalized spacial score (nSPS) is 23.8. The number of piperazine rings is 1. The number of thioether (sulfide) groups is 1. The number of carbonyl (C=O) groups excluding carboxylic acids is 1. The Labute approximate surface area is 145 Å². The Hall–Kier alpha value is -0.460. The Bertz CT molecular complexity index is 359. The van der Waals surface area contributed by atoms with Crippen LogP contribution < -0.4 is 5.32 Å². The number of amides is 1. The van der Waals surface area contributed by atoms with Crippen LogP contribution in [0.3, 0.4) is 0 Å². The van der Waals surface area contributed by atoms with Crippen LogP contribution >= 0.6 is 11.8 Å². The first-order chi connectivity index (χ1) is 10.9. The molecule has 0 bridgehead atoms. The zero-order valence-electron chi connectivity index (χ0n) is 15.0. The molecule has 1 unspecified atom stereocenters. The summed E-state index contributed by atoms with van der Waals surface area (Å²) in [6, 6.07) is 0.720. The molecule has 5 nitrogen and oxygen atoms in total. The summed E-state index contributed by atoms with van der Waals surface area (Å²) < 4.78 is 5.43. The minimum absolute atomic E-state index is 0.173. The molecule has 2 aliphatic rings. The van der Waals surface area contributed by atoms with E-state index in [1.807, 2.05) is 25.7 Å². The molecule has 0 saturated carbocycles. The van der Waals surface area contributed by atoms with E-state index in [2.05, 4.69) is 22.0 Å². The molecule has 1 N–H and O–H groups in total. The summed E-state index contributed by atoms with van der Waals surface area (Å²) in [5.41, 5.74) is -0.405. The van der Waals surface area contributed by atoms with Crippen molar-refractivity contribution >= 4 is 17.9 Å². The molecule has 6 heteroatoms. The number of nitrogens with one attached hydrogen (secondary N) is 1. The summed E-state index contributed by atoms with van der Waals surface area (Å²) in [6.07, 6.45) is 3.71. The van der Waals surface area contributed by atoms with Crippen molar-refractivity contribution in [1.29, 1.82) is 0 Å². The molecular formula is C17H33N3O2S. The molecule has 0 spiro atoms. The van der Waals surface area contributed by atoms with Crippen LogP contribution in [0, 0.1) is 0 Å². The van der Waals surface area contributed by atoms with Crippen molar-refractivity contribution in [3.63, 3.8) is 0 Å². The summed E-state index contributed by atoms with van der Waals surface area (Å²) in [6.45, 7) is 11.4. The van der Waals surface area contributed by atoms with Crippen LogP contribution in [0.1, 0.15) is 40.0 Å². The first-order valence-corrected chi connectivity index (χ1v) is 10.1. The fourth-order valence-corrected chi connectivity index (χ4v) is 4.10. The summed E-state index contributed by atoms with van der Waals surface area (Å²) in [7, 11) is 0. The van der Waals surface area contributed by atoms with E-state index >= 15 is 0 Å². The van der Waals surface area contributed by atoms with Gasteiger partial charge in [0, 0.05) is 38.0 Å². The molecule has 0 aromatic carbocycles. The molecule has 0 radical (unpaired) electrons. The minimum Gasteiger partial charge on any atom is -0.444 e. The Morgan fingerprint density at radius 3 is 2.61 bits per heavy atom. The number of nitrogens with zero attached hydrogens (tertiary/aromatic N) is 2. The molecule has 0 aromatic rings. The van der Waals surface area contributed by atoms with Crippen molar-refractivity contribution in [1.82, 2.24) is 15.1 Å². The molecular weight excluding hydrogens is 310 g/mol. The number of carbonyl (C=O) groups is 1. The van der Waals surface area contributed by atoms with Crippen LogP contribution in [0.25, 0.3) is 0 Å². The van der Waals surface area contributed by atoms with Crippen LogP contribution in [0.15, 0.2) is 0 Å². The predicted octanol–water partition coefficient (Wildman–Crippen LogP) is 2.41. The molecule has 23 heavy (non-hydrogen) atoms. The summed E-state index contributed by atoms with van der Waals surface area (Å²) in [4.78, 5) is 16.3. The highest BCUT2D eigenvalue weighted by Crippen LogP contribution is 2.16. The van der Waals surface area contributed by atoms with E-state index in [-0.39, 0.29) is 6.09 Å². The van der Waals surface area contributed by atoms with Gasteiger partial charge in [-0.2, -0.15) is 11.8 Å². The van der Waals surface area contributed by atoms with Crippen LogP contribution in [0.5, 0.6) is 0 Å². The standard InChI is InChI=1S/C17H33N3O2S/c1-17(2,3)22-16(21)20-11-9-19(10-12-20)8-5-7-18-15-6-4-13-23-14-15/h15,18H,4-14H2,1-3H3. The number of rotatable bonds is 5. The van der Waals surface area contributed by atoms with E-state index in [9.17, 15) is 4.79 Å². The Balaban J connectivity index is 1.55. The quantitative estimate of drug-likeness (QED) is 0.777. The Morgan fingerprint density at radius 1 is 1.26 bits per heavy atom. The molecule has 1 atom stereocenters. The minimum atomic E-state index is -0.405. The van der Waals surface area contributed by atoms with Crippen LogP contribution in [0.4, 0.5) is 4.79 Å². The second-order valence-electron chi connectivity index (χ2n) is 7.53. The Kier molecular flexibility index (Phi) is 7.50. The lowest BCUT2D eigenvalue weighted by atomic mass is 10.2. The predicted molar refractivity (Wildman–Crippen MR) is 97.2 cm³/mol. The molecule has 0 aliphatic carbocycles. The maximum absolute atomic E-state index is 12.0. The first-order valence-electron chi connectivity index (χ1n) is 8.95. The van der Waals surface area contributed by atoms with Gasteiger partial charge in [0.1, 0.15) is 5.60 Å². The maximum atomic E-state index is 12.0. The third-order valence-corrected chi connectivity index (χ3v) is 5.48. The zero-order valence-corrected chi connectivity index (χ0v) is 15.8. The van der Waals surface area contributed by atoms with E-state index in [4.69, 9.17) is 4.74 Å². The molecule has 2 rings (SSSR count). The van der Waals surface area contributed by atoms with Gasteiger partial charge in [-0.05, 0) is 58.9 Å². The summed E-state index contributed by atoms with van der Waals surface area (Å²) in [5.74, 6) is 2.61. The van der Waals surface area contributed by atoms with Gasteiger partial charge in [-0.15, -0.1) is 0 Å². The van der Waals surface area contributed by atoms with Gasteiger partial charge in [0.05, 0.1) is 0 Å². The highest BCUT2D eigenvalue weighted by molar-refractivity contribution is 7.99. The number of hydrogen-bond donors (Lipinski definition) is 1. The van der Waals surface area contributed by atoms with Gasteiger partial charge in [-0.1, -0.05) is 0 Å². The van der Waals surface area contributed by atoms with Crippen LogP contribution in [0.2, 0.25) is 0 Å². The molecule has 134 valence electrons.